The first kappa shape index (κ1) is 27.6. The van der Waals surface area contributed by atoms with E-state index in [4.69, 9.17) is 14.6 Å². The van der Waals surface area contributed by atoms with Crippen molar-refractivity contribution >= 4 is 0 Å². The van der Waals surface area contributed by atoms with Crippen LogP contribution >= 0.6 is 0 Å². The fraction of sp³-hybridized carbons (Fsp3) is 0.920. The van der Waals surface area contributed by atoms with E-state index in [1.807, 2.05) is 0 Å². The van der Waals surface area contributed by atoms with E-state index in [-0.39, 0.29) is 13.2 Å². The highest BCUT2D eigenvalue weighted by Gasteiger charge is 2.40. The van der Waals surface area contributed by atoms with Gasteiger partial charge in [0.15, 0.2) is 0 Å². The van der Waals surface area contributed by atoms with Crippen molar-refractivity contribution in [1.82, 2.24) is 0 Å². The molecule has 0 saturated carbocycles. The first-order chi connectivity index (χ1) is 14.7. The number of allylic oxidation sites excluding steroid dienone is 2. The third-order valence-electron chi connectivity index (χ3n) is 5.95. The fourth-order valence-corrected chi connectivity index (χ4v) is 4.00. The molecule has 1 heterocycles. The molecule has 1 aliphatic heterocycles. The van der Waals surface area contributed by atoms with Crippen LogP contribution in [0, 0.1) is 0 Å². The summed E-state index contributed by atoms with van der Waals surface area (Å²) in [5.41, 5.74) is 0. The van der Waals surface area contributed by atoms with Crippen LogP contribution in [-0.2, 0) is 9.47 Å². The molecule has 0 aromatic carbocycles. The number of hydrogen-bond acceptors (Lipinski definition) is 5. The van der Waals surface area contributed by atoms with E-state index in [1.165, 1.54) is 70.6 Å². The lowest BCUT2D eigenvalue weighted by molar-refractivity contribution is -0.0937. The van der Waals surface area contributed by atoms with Gasteiger partial charge in [-0.15, -0.1) is 0 Å². The van der Waals surface area contributed by atoms with Crippen molar-refractivity contribution in [2.24, 2.45) is 0 Å². The van der Waals surface area contributed by atoms with Crippen LogP contribution < -0.4 is 0 Å². The summed E-state index contributed by atoms with van der Waals surface area (Å²) in [5, 5.41) is 28.7. The Morgan fingerprint density at radius 2 is 1.40 bits per heavy atom. The molecular weight excluding hydrogens is 380 g/mol. The standard InChI is InChI=1S/C25H48O5/c1-2-3-4-5-6-7-8-9-10-11-12-13-14-15-16-17-18-19-29-25-23(28)21-30-24(25)22(27)20-26/h13-14,22-28H,2-12,15-21H2,1H3/b14-13+/t22-,23+,24+,25+/m1/s1. The topological polar surface area (TPSA) is 79.2 Å². The van der Waals surface area contributed by atoms with Crippen molar-refractivity contribution < 1.29 is 24.8 Å². The molecule has 0 spiro atoms. The summed E-state index contributed by atoms with van der Waals surface area (Å²) in [5.74, 6) is 0. The zero-order valence-corrected chi connectivity index (χ0v) is 19.4. The maximum Gasteiger partial charge on any atom is 0.114 e. The number of hydrogen-bond donors (Lipinski definition) is 3. The van der Waals surface area contributed by atoms with Crippen LogP contribution in [0.2, 0.25) is 0 Å². The highest BCUT2D eigenvalue weighted by molar-refractivity contribution is 4.89. The number of unbranched alkanes of at least 4 members (excludes halogenated alkanes) is 13. The minimum Gasteiger partial charge on any atom is -0.394 e. The third kappa shape index (κ3) is 13.1. The van der Waals surface area contributed by atoms with Crippen molar-refractivity contribution in [3.63, 3.8) is 0 Å². The molecule has 0 aromatic heterocycles. The molecule has 178 valence electrons. The van der Waals surface area contributed by atoms with Crippen LogP contribution in [0.15, 0.2) is 12.2 Å². The predicted molar refractivity (Wildman–Crippen MR) is 123 cm³/mol. The Balaban J connectivity index is 1.86. The molecule has 30 heavy (non-hydrogen) atoms. The molecule has 1 rings (SSSR count). The van der Waals surface area contributed by atoms with Crippen molar-refractivity contribution in [2.75, 3.05) is 19.8 Å². The second-order valence-electron chi connectivity index (χ2n) is 8.74. The molecule has 0 amide bonds. The van der Waals surface area contributed by atoms with Crippen molar-refractivity contribution in [3.05, 3.63) is 12.2 Å². The van der Waals surface area contributed by atoms with E-state index in [9.17, 15) is 10.2 Å². The lowest BCUT2D eigenvalue weighted by Crippen LogP contribution is -2.42. The van der Waals surface area contributed by atoms with Gasteiger partial charge in [0.1, 0.15) is 24.4 Å². The number of rotatable bonds is 20. The summed E-state index contributed by atoms with van der Waals surface area (Å²) >= 11 is 0. The van der Waals surface area contributed by atoms with Crippen LogP contribution in [0.5, 0.6) is 0 Å². The van der Waals surface area contributed by atoms with Gasteiger partial charge in [-0.25, -0.2) is 0 Å². The van der Waals surface area contributed by atoms with Gasteiger partial charge >= 0.3 is 0 Å². The van der Waals surface area contributed by atoms with Gasteiger partial charge in [0.25, 0.3) is 0 Å². The second kappa shape index (κ2) is 19.2. The second-order valence-corrected chi connectivity index (χ2v) is 8.74. The minimum atomic E-state index is -1.01. The Labute approximate surface area is 184 Å². The molecule has 3 N–H and O–H groups in total. The molecule has 5 nitrogen and oxygen atoms in total. The van der Waals surface area contributed by atoms with E-state index < -0.39 is 24.4 Å². The average Bonchev–Trinajstić information content (AvgIpc) is 3.12. The van der Waals surface area contributed by atoms with Crippen LogP contribution in [-0.4, -0.2) is 59.6 Å². The molecule has 0 aromatic rings. The quantitative estimate of drug-likeness (QED) is 0.190. The molecule has 5 heteroatoms. The van der Waals surface area contributed by atoms with E-state index in [0.717, 1.165) is 25.7 Å². The molecule has 0 aliphatic carbocycles. The van der Waals surface area contributed by atoms with Crippen molar-refractivity contribution in [2.45, 2.75) is 128 Å². The van der Waals surface area contributed by atoms with Gasteiger partial charge in [-0.1, -0.05) is 83.3 Å². The summed E-state index contributed by atoms with van der Waals surface area (Å²) in [6.45, 7) is 2.58. The molecule has 0 radical (unpaired) electrons. The smallest absolute Gasteiger partial charge is 0.114 e. The first-order valence-corrected chi connectivity index (χ1v) is 12.6. The van der Waals surface area contributed by atoms with Gasteiger partial charge in [0.2, 0.25) is 0 Å². The van der Waals surface area contributed by atoms with Gasteiger partial charge in [0.05, 0.1) is 13.2 Å². The van der Waals surface area contributed by atoms with E-state index in [2.05, 4.69) is 19.1 Å². The largest absolute Gasteiger partial charge is 0.394 e. The summed E-state index contributed by atoms with van der Waals surface area (Å²) in [4.78, 5) is 0. The molecular formula is C25H48O5. The maximum absolute atomic E-state index is 9.90. The monoisotopic (exact) mass is 428 g/mol. The third-order valence-corrected chi connectivity index (χ3v) is 5.95. The van der Waals surface area contributed by atoms with Crippen molar-refractivity contribution in [3.8, 4) is 0 Å². The van der Waals surface area contributed by atoms with Gasteiger partial charge in [0, 0.05) is 6.61 Å². The van der Waals surface area contributed by atoms with Gasteiger partial charge in [-0.2, -0.15) is 0 Å². The summed E-state index contributed by atoms with van der Waals surface area (Å²) < 4.78 is 11.0. The Bertz CT molecular complexity index is 401. The Hall–Kier alpha value is -0.460. The SMILES string of the molecule is CCCCCCCCCCCC/C=C/CCCCCO[C@@H]1[C@H]([C@H](O)CO)OC[C@@H]1O. The maximum atomic E-state index is 9.90. The Kier molecular flexibility index (Phi) is 17.7. The minimum absolute atomic E-state index is 0.149. The van der Waals surface area contributed by atoms with Crippen LogP contribution in [0.1, 0.15) is 103 Å². The van der Waals surface area contributed by atoms with Crippen molar-refractivity contribution in [1.29, 1.82) is 0 Å². The molecule has 0 unspecified atom stereocenters. The van der Waals surface area contributed by atoms with E-state index >= 15 is 0 Å². The fourth-order valence-electron chi connectivity index (χ4n) is 4.00. The number of aliphatic hydroxyl groups is 3. The Morgan fingerprint density at radius 3 is 1.97 bits per heavy atom. The molecule has 1 fully saturated rings. The van der Waals surface area contributed by atoms with Gasteiger partial charge in [-0.05, 0) is 32.1 Å². The summed E-state index contributed by atoms with van der Waals surface area (Å²) in [6.07, 6.45) is 21.0. The highest BCUT2D eigenvalue weighted by Crippen LogP contribution is 2.21. The van der Waals surface area contributed by atoms with Gasteiger partial charge < -0.3 is 24.8 Å². The van der Waals surface area contributed by atoms with E-state index in [1.54, 1.807) is 0 Å². The molecule has 1 aliphatic rings. The average molecular weight is 429 g/mol. The Morgan fingerprint density at radius 1 is 0.867 bits per heavy atom. The number of aliphatic hydroxyl groups excluding tert-OH is 3. The van der Waals surface area contributed by atoms with E-state index in [0.29, 0.717) is 6.61 Å². The lowest BCUT2D eigenvalue weighted by Gasteiger charge is -2.23. The molecule has 1 saturated heterocycles. The zero-order chi connectivity index (χ0) is 21.9. The first-order valence-electron chi connectivity index (χ1n) is 12.6. The molecule has 4 atom stereocenters. The normalized spacial score (nSPS) is 22.9. The van der Waals surface area contributed by atoms with Gasteiger partial charge in [-0.3, -0.25) is 0 Å². The van der Waals surface area contributed by atoms with Crippen LogP contribution in [0.4, 0.5) is 0 Å². The van der Waals surface area contributed by atoms with Crippen LogP contribution in [0.3, 0.4) is 0 Å². The predicted octanol–water partition coefficient (Wildman–Crippen LogP) is 4.91. The lowest BCUT2D eigenvalue weighted by atomic mass is 10.1. The number of ether oxygens (including phenoxy) is 2. The zero-order valence-electron chi connectivity index (χ0n) is 19.4. The molecule has 0 bridgehead atoms. The summed E-state index contributed by atoms with van der Waals surface area (Å²) in [6, 6.07) is 0. The summed E-state index contributed by atoms with van der Waals surface area (Å²) in [7, 11) is 0. The van der Waals surface area contributed by atoms with Crippen LogP contribution in [0.25, 0.3) is 0 Å². The highest BCUT2D eigenvalue weighted by atomic mass is 16.6.